The van der Waals surface area contributed by atoms with Crippen molar-refractivity contribution in [2.24, 2.45) is 0 Å². The zero-order chi connectivity index (χ0) is 17.9. The first-order chi connectivity index (χ1) is 11.2. The molecule has 0 saturated heterocycles. The van der Waals surface area contributed by atoms with Gasteiger partial charge in [0, 0.05) is 23.9 Å². The van der Waals surface area contributed by atoms with Gasteiger partial charge in [0.25, 0.3) is 17.2 Å². The van der Waals surface area contributed by atoms with Crippen molar-refractivity contribution >= 4 is 17.3 Å². The molecule has 2 rings (SSSR count). The van der Waals surface area contributed by atoms with Crippen LogP contribution in [0.3, 0.4) is 0 Å². The first-order valence-corrected chi connectivity index (χ1v) is 6.49. The number of nitrogens with one attached hydrogen (secondary N) is 1. The Morgan fingerprint density at radius 1 is 1.21 bits per heavy atom. The molecule has 2 aromatic rings. The Bertz CT molecular complexity index is 828. The predicted molar refractivity (Wildman–Crippen MR) is 77.8 cm³/mol. The molecule has 0 bridgehead atoms. The molecule has 0 unspecified atom stereocenters. The first kappa shape index (κ1) is 17.2. The normalized spacial score (nSPS) is 11.1. The Kier molecular flexibility index (Phi) is 4.67. The van der Waals surface area contributed by atoms with Crippen LogP contribution in [-0.2, 0) is 6.54 Å². The highest BCUT2D eigenvalue weighted by Crippen LogP contribution is 2.17. The van der Waals surface area contributed by atoms with Crippen LogP contribution in [0.2, 0.25) is 0 Å². The summed E-state index contributed by atoms with van der Waals surface area (Å²) in [5.74, 6) is -0.772. The minimum Gasteiger partial charge on any atom is -0.317 e. The quantitative estimate of drug-likeness (QED) is 0.683. The van der Waals surface area contributed by atoms with Crippen molar-refractivity contribution in [2.45, 2.75) is 12.7 Å². The second kappa shape index (κ2) is 6.52. The molecule has 1 amide bonds. The Labute approximate surface area is 132 Å². The second-order valence-corrected chi connectivity index (χ2v) is 4.73. The number of anilines is 1. The minimum atomic E-state index is -4.58. The molecule has 10 heteroatoms. The van der Waals surface area contributed by atoms with E-state index in [1.54, 1.807) is 0 Å². The van der Waals surface area contributed by atoms with Gasteiger partial charge in [-0.3, -0.25) is 19.7 Å². The van der Waals surface area contributed by atoms with Crippen LogP contribution in [0.1, 0.15) is 10.4 Å². The molecule has 7 nitrogen and oxygen atoms in total. The number of carbonyl (C=O) groups is 1. The smallest absolute Gasteiger partial charge is 0.317 e. The van der Waals surface area contributed by atoms with Crippen LogP contribution in [0, 0.1) is 10.1 Å². The van der Waals surface area contributed by atoms with E-state index in [2.05, 4.69) is 5.32 Å². The van der Waals surface area contributed by atoms with E-state index in [0.717, 1.165) is 18.3 Å². The van der Waals surface area contributed by atoms with Crippen molar-refractivity contribution in [1.29, 1.82) is 0 Å². The van der Waals surface area contributed by atoms with E-state index in [0.29, 0.717) is 4.57 Å². The molecular weight excluding hydrogens is 331 g/mol. The predicted octanol–water partition coefficient (Wildman–Crippen LogP) is 2.57. The molecule has 0 aliphatic carbocycles. The third-order valence-corrected chi connectivity index (χ3v) is 2.96. The lowest BCUT2D eigenvalue weighted by molar-refractivity contribution is -0.384. The van der Waals surface area contributed by atoms with Gasteiger partial charge in [0.2, 0.25) is 0 Å². The van der Waals surface area contributed by atoms with Gasteiger partial charge < -0.3 is 9.88 Å². The van der Waals surface area contributed by atoms with Crippen molar-refractivity contribution in [2.75, 3.05) is 5.32 Å². The summed E-state index contributed by atoms with van der Waals surface area (Å²) in [4.78, 5) is 33.8. The van der Waals surface area contributed by atoms with Crippen LogP contribution in [-0.4, -0.2) is 21.6 Å². The molecule has 1 aromatic heterocycles. The summed E-state index contributed by atoms with van der Waals surface area (Å²) in [6.07, 6.45) is -3.62. The van der Waals surface area contributed by atoms with E-state index in [9.17, 15) is 32.9 Å². The third kappa shape index (κ3) is 4.18. The van der Waals surface area contributed by atoms with E-state index in [1.165, 1.54) is 24.3 Å². The fraction of sp³-hybridized carbons (Fsp3) is 0.143. The van der Waals surface area contributed by atoms with Gasteiger partial charge in [0.15, 0.2) is 0 Å². The summed E-state index contributed by atoms with van der Waals surface area (Å²) in [7, 11) is 0. The van der Waals surface area contributed by atoms with Gasteiger partial charge in [0.05, 0.1) is 4.92 Å². The van der Waals surface area contributed by atoms with Crippen LogP contribution >= 0.6 is 0 Å². The maximum Gasteiger partial charge on any atom is 0.406 e. The van der Waals surface area contributed by atoms with Gasteiger partial charge in [-0.25, -0.2) is 0 Å². The zero-order valence-electron chi connectivity index (χ0n) is 11.9. The molecule has 0 aliphatic heterocycles. The van der Waals surface area contributed by atoms with Crippen molar-refractivity contribution in [3.63, 3.8) is 0 Å². The number of nitrogens with zero attached hydrogens (tertiary/aromatic N) is 2. The Balaban J connectivity index is 2.21. The van der Waals surface area contributed by atoms with Crippen molar-refractivity contribution in [3.05, 3.63) is 68.6 Å². The molecule has 0 saturated carbocycles. The number of pyridine rings is 1. The van der Waals surface area contributed by atoms with Gasteiger partial charge in [-0.1, -0.05) is 0 Å². The van der Waals surface area contributed by atoms with Gasteiger partial charge in [0.1, 0.15) is 12.2 Å². The molecule has 0 aliphatic rings. The lowest BCUT2D eigenvalue weighted by Crippen LogP contribution is -2.30. The van der Waals surface area contributed by atoms with Crippen LogP contribution in [0.25, 0.3) is 0 Å². The Morgan fingerprint density at radius 2 is 1.83 bits per heavy atom. The summed E-state index contributed by atoms with van der Waals surface area (Å²) in [6.45, 7) is -1.48. The fourth-order valence-electron chi connectivity index (χ4n) is 1.88. The average Bonchev–Trinajstić information content (AvgIpc) is 2.50. The van der Waals surface area contributed by atoms with Crippen molar-refractivity contribution < 1.29 is 22.9 Å². The number of hydrogen-bond acceptors (Lipinski definition) is 4. The number of rotatable bonds is 4. The number of aromatic nitrogens is 1. The molecule has 1 aromatic carbocycles. The maximum atomic E-state index is 12.4. The SMILES string of the molecule is O=C(Nc1cccn(CC(F)(F)F)c1=O)c1ccc([N+](=O)[O-])cc1. The molecule has 126 valence electrons. The number of nitro benzene ring substituents is 1. The number of halogens is 3. The minimum absolute atomic E-state index is 0.0197. The van der Waals surface area contributed by atoms with E-state index < -0.39 is 29.1 Å². The number of non-ortho nitro benzene ring substituents is 1. The molecule has 0 radical (unpaired) electrons. The van der Waals surface area contributed by atoms with E-state index in [-0.39, 0.29) is 16.9 Å². The lowest BCUT2D eigenvalue weighted by Gasteiger charge is -2.11. The summed E-state index contributed by atoms with van der Waals surface area (Å²) in [6, 6.07) is 6.90. The summed E-state index contributed by atoms with van der Waals surface area (Å²) < 4.78 is 37.6. The van der Waals surface area contributed by atoms with Crippen LogP contribution in [0.4, 0.5) is 24.5 Å². The standard InChI is InChI=1S/C14H10F3N3O4/c15-14(16,17)8-19-7-1-2-11(13(19)22)18-12(21)9-3-5-10(6-4-9)20(23)24/h1-7H,8H2,(H,18,21). The Morgan fingerprint density at radius 3 is 2.38 bits per heavy atom. The van der Waals surface area contributed by atoms with Crippen molar-refractivity contribution in [3.8, 4) is 0 Å². The molecule has 0 fully saturated rings. The highest BCUT2D eigenvalue weighted by atomic mass is 19.4. The van der Waals surface area contributed by atoms with E-state index in [4.69, 9.17) is 0 Å². The highest BCUT2D eigenvalue weighted by Gasteiger charge is 2.28. The monoisotopic (exact) mass is 341 g/mol. The zero-order valence-corrected chi connectivity index (χ0v) is 11.9. The summed E-state index contributed by atoms with van der Waals surface area (Å²) >= 11 is 0. The molecule has 24 heavy (non-hydrogen) atoms. The lowest BCUT2D eigenvalue weighted by atomic mass is 10.2. The number of amides is 1. The fourth-order valence-corrected chi connectivity index (χ4v) is 1.88. The van der Waals surface area contributed by atoms with Crippen LogP contribution in [0.15, 0.2) is 47.4 Å². The summed E-state index contributed by atoms with van der Waals surface area (Å²) in [5, 5.41) is 12.7. The van der Waals surface area contributed by atoms with E-state index in [1.807, 2.05) is 0 Å². The molecule has 0 atom stereocenters. The molecule has 0 spiro atoms. The summed E-state index contributed by atoms with van der Waals surface area (Å²) in [5.41, 5.74) is -1.54. The number of hydrogen-bond donors (Lipinski definition) is 1. The number of carbonyl (C=O) groups excluding carboxylic acids is 1. The maximum absolute atomic E-state index is 12.4. The van der Waals surface area contributed by atoms with Gasteiger partial charge in [-0.2, -0.15) is 13.2 Å². The first-order valence-electron chi connectivity index (χ1n) is 6.49. The number of alkyl halides is 3. The second-order valence-electron chi connectivity index (χ2n) is 4.73. The number of benzene rings is 1. The van der Waals surface area contributed by atoms with Crippen LogP contribution < -0.4 is 10.9 Å². The van der Waals surface area contributed by atoms with Gasteiger partial charge in [-0.15, -0.1) is 0 Å². The Hall–Kier alpha value is -3.17. The van der Waals surface area contributed by atoms with E-state index >= 15 is 0 Å². The highest BCUT2D eigenvalue weighted by molar-refractivity contribution is 6.04. The molecule has 1 N–H and O–H groups in total. The van der Waals surface area contributed by atoms with Crippen molar-refractivity contribution in [1.82, 2.24) is 4.57 Å². The largest absolute Gasteiger partial charge is 0.406 e. The third-order valence-electron chi connectivity index (χ3n) is 2.96. The van der Waals surface area contributed by atoms with Gasteiger partial charge in [-0.05, 0) is 24.3 Å². The number of nitro groups is 1. The molecular formula is C14H10F3N3O4. The molecule has 1 heterocycles. The topological polar surface area (TPSA) is 94.2 Å². The average molecular weight is 341 g/mol. The van der Waals surface area contributed by atoms with Crippen LogP contribution in [0.5, 0.6) is 0 Å². The van der Waals surface area contributed by atoms with Gasteiger partial charge >= 0.3 is 6.18 Å².